The summed E-state index contributed by atoms with van der Waals surface area (Å²) in [6.45, 7) is 5.38. The van der Waals surface area contributed by atoms with E-state index in [0.29, 0.717) is 22.1 Å². The highest BCUT2D eigenvalue weighted by molar-refractivity contribution is 5.82. The Labute approximate surface area is 151 Å². The van der Waals surface area contributed by atoms with E-state index >= 15 is 0 Å². The number of aromatic hydroxyl groups is 1. The molecule has 2 aromatic heterocycles. The van der Waals surface area contributed by atoms with Crippen molar-refractivity contribution in [2.45, 2.75) is 32.6 Å². The van der Waals surface area contributed by atoms with Gasteiger partial charge in [-0.3, -0.25) is 4.79 Å². The average molecular weight is 350 g/mol. The second-order valence-electron chi connectivity index (χ2n) is 6.96. The first-order valence-corrected chi connectivity index (χ1v) is 8.98. The van der Waals surface area contributed by atoms with Crippen molar-refractivity contribution in [1.82, 2.24) is 4.98 Å². The first-order chi connectivity index (χ1) is 12.6. The Morgan fingerprint density at radius 1 is 1.12 bits per heavy atom. The van der Waals surface area contributed by atoms with Gasteiger partial charge in [0, 0.05) is 36.3 Å². The topological polar surface area (TPSA) is 66.6 Å². The molecule has 5 heteroatoms. The van der Waals surface area contributed by atoms with E-state index in [2.05, 4.69) is 9.88 Å². The third-order valence-corrected chi connectivity index (χ3v) is 5.38. The molecule has 1 aromatic carbocycles. The smallest absolute Gasteiger partial charge is 0.195 e. The molecule has 4 rings (SSSR count). The minimum atomic E-state index is -0.00324. The van der Waals surface area contributed by atoms with E-state index in [-0.39, 0.29) is 17.1 Å². The highest BCUT2D eigenvalue weighted by Crippen LogP contribution is 2.34. The molecule has 0 unspecified atom stereocenters. The number of pyridine rings is 1. The van der Waals surface area contributed by atoms with Crippen molar-refractivity contribution in [3.63, 3.8) is 0 Å². The maximum Gasteiger partial charge on any atom is 0.195 e. The second kappa shape index (κ2) is 6.48. The largest absolute Gasteiger partial charge is 0.508 e. The van der Waals surface area contributed by atoms with Crippen LogP contribution >= 0.6 is 0 Å². The fraction of sp³-hybridized carbons (Fsp3) is 0.333. The number of rotatable bonds is 2. The zero-order valence-corrected chi connectivity index (χ0v) is 15.0. The van der Waals surface area contributed by atoms with Gasteiger partial charge in [-0.2, -0.15) is 0 Å². The molecule has 1 N–H and O–H groups in total. The Hall–Kier alpha value is -2.82. The molecule has 5 nitrogen and oxygen atoms in total. The maximum absolute atomic E-state index is 12.8. The van der Waals surface area contributed by atoms with Crippen LogP contribution in [0.4, 0.5) is 5.82 Å². The van der Waals surface area contributed by atoms with Gasteiger partial charge in [0.2, 0.25) is 0 Å². The summed E-state index contributed by atoms with van der Waals surface area (Å²) >= 11 is 0. The molecule has 0 bridgehead atoms. The summed E-state index contributed by atoms with van der Waals surface area (Å²) in [5, 5.41) is 10.5. The lowest BCUT2D eigenvalue weighted by molar-refractivity contribution is 0.408. The molecule has 0 spiro atoms. The molecule has 0 atom stereocenters. The lowest BCUT2D eigenvalue weighted by Gasteiger charge is -2.32. The van der Waals surface area contributed by atoms with Crippen LogP contribution in [0.2, 0.25) is 0 Å². The second-order valence-corrected chi connectivity index (χ2v) is 6.96. The molecule has 1 fully saturated rings. The van der Waals surface area contributed by atoms with E-state index in [1.54, 1.807) is 19.1 Å². The summed E-state index contributed by atoms with van der Waals surface area (Å²) in [6.07, 6.45) is 3.62. The molecular weight excluding hydrogens is 328 g/mol. The van der Waals surface area contributed by atoms with Crippen LogP contribution in [-0.2, 0) is 0 Å². The molecule has 1 aliphatic heterocycles. The summed E-state index contributed by atoms with van der Waals surface area (Å²) < 4.78 is 6.17. The van der Waals surface area contributed by atoms with Crippen LogP contribution < -0.4 is 10.3 Å². The molecule has 1 saturated heterocycles. The molecule has 0 radical (unpaired) electrons. The van der Waals surface area contributed by atoms with Gasteiger partial charge in [-0.15, -0.1) is 0 Å². The van der Waals surface area contributed by atoms with E-state index in [4.69, 9.17) is 4.42 Å². The number of fused-ring (bicyclic) bond motifs is 1. The third-order valence-electron chi connectivity index (χ3n) is 5.38. The minimum Gasteiger partial charge on any atom is -0.508 e. The number of piperidine rings is 1. The number of anilines is 1. The molecule has 0 aliphatic carbocycles. The number of nitrogens with zero attached hydrogens (tertiary/aromatic N) is 2. The summed E-state index contributed by atoms with van der Waals surface area (Å²) in [5.74, 6) is 2.11. The fourth-order valence-electron chi connectivity index (χ4n) is 3.79. The first kappa shape index (κ1) is 16.6. The van der Waals surface area contributed by atoms with E-state index in [9.17, 15) is 9.90 Å². The monoisotopic (exact) mass is 350 g/mol. The minimum absolute atomic E-state index is 0.00324. The number of aromatic nitrogens is 1. The number of aryl methyl sites for hydroxylation is 1. The van der Waals surface area contributed by atoms with Crippen LogP contribution in [0.1, 0.15) is 35.6 Å². The lowest BCUT2D eigenvalue weighted by Crippen LogP contribution is -2.34. The fourth-order valence-corrected chi connectivity index (χ4v) is 3.79. The Morgan fingerprint density at radius 2 is 1.88 bits per heavy atom. The maximum atomic E-state index is 12.8. The quantitative estimate of drug-likeness (QED) is 0.759. The van der Waals surface area contributed by atoms with Gasteiger partial charge in [0.1, 0.15) is 22.9 Å². The SMILES string of the molecule is Cc1c(C2CCN(c3ccccn3)CC2)oc2c(C)c(O)ccc2c1=O. The normalized spacial score (nSPS) is 15.5. The number of benzene rings is 1. The summed E-state index contributed by atoms with van der Waals surface area (Å²) in [5.41, 5.74) is 1.80. The molecule has 1 aliphatic rings. The van der Waals surface area contributed by atoms with Gasteiger partial charge in [-0.05, 0) is 51.0 Å². The molecule has 0 amide bonds. The molecule has 26 heavy (non-hydrogen) atoms. The Kier molecular flexibility index (Phi) is 4.15. The highest BCUT2D eigenvalue weighted by Gasteiger charge is 2.26. The van der Waals surface area contributed by atoms with Gasteiger partial charge >= 0.3 is 0 Å². The van der Waals surface area contributed by atoms with E-state index < -0.39 is 0 Å². The van der Waals surface area contributed by atoms with E-state index in [1.165, 1.54) is 0 Å². The van der Waals surface area contributed by atoms with Gasteiger partial charge in [-0.1, -0.05) is 6.07 Å². The lowest BCUT2D eigenvalue weighted by atomic mass is 9.91. The van der Waals surface area contributed by atoms with Crippen LogP contribution in [0.3, 0.4) is 0 Å². The van der Waals surface area contributed by atoms with Crippen molar-refractivity contribution in [2.24, 2.45) is 0 Å². The summed E-state index contributed by atoms with van der Waals surface area (Å²) in [4.78, 5) is 19.5. The summed E-state index contributed by atoms with van der Waals surface area (Å²) in [6, 6.07) is 9.13. The Balaban J connectivity index is 1.67. The van der Waals surface area contributed by atoms with Crippen molar-refractivity contribution in [1.29, 1.82) is 0 Å². The zero-order valence-electron chi connectivity index (χ0n) is 15.0. The summed E-state index contributed by atoms with van der Waals surface area (Å²) in [7, 11) is 0. The molecule has 0 saturated carbocycles. The van der Waals surface area contributed by atoms with Crippen LogP contribution in [0.25, 0.3) is 11.0 Å². The van der Waals surface area contributed by atoms with Crippen molar-refractivity contribution >= 4 is 16.8 Å². The molecule has 3 aromatic rings. The average Bonchev–Trinajstić information content (AvgIpc) is 2.68. The van der Waals surface area contributed by atoms with Gasteiger partial charge in [0.25, 0.3) is 0 Å². The van der Waals surface area contributed by atoms with Gasteiger partial charge in [0.05, 0.1) is 5.39 Å². The van der Waals surface area contributed by atoms with E-state index in [0.717, 1.165) is 37.5 Å². The van der Waals surface area contributed by atoms with Gasteiger partial charge in [0.15, 0.2) is 5.43 Å². The van der Waals surface area contributed by atoms with Crippen LogP contribution in [0, 0.1) is 13.8 Å². The highest BCUT2D eigenvalue weighted by atomic mass is 16.3. The van der Waals surface area contributed by atoms with Crippen molar-refractivity contribution in [2.75, 3.05) is 18.0 Å². The predicted molar refractivity (Wildman–Crippen MR) is 102 cm³/mol. The zero-order chi connectivity index (χ0) is 18.3. The Morgan fingerprint density at radius 3 is 2.58 bits per heavy atom. The van der Waals surface area contributed by atoms with Crippen LogP contribution in [0.15, 0.2) is 45.7 Å². The standard InChI is InChI=1S/C21H22N2O3/c1-13-17(24)7-6-16-19(25)14(2)20(26-21(13)16)15-8-11-23(12-9-15)18-5-3-4-10-22-18/h3-7,10,15,24H,8-9,11-12H2,1-2H3. The molecule has 134 valence electrons. The number of phenolic OH excluding ortho intramolecular Hbond substituents is 1. The predicted octanol–water partition coefficient (Wildman–Crippen LogP) is 3.89. The number of hydrogen-bond acceptors (Lipinski definition) is 5. The Bertz CT molecular complexity index is 1000. The van der Waals surface area contributed by atoms with Crippen molar-refractivity contribution in [3.8, 4) is 5.75 Å². The van der Waals surface area contributed by atoms with Crippen molar-refractivity contribution < 1.29 is 9.52 Å². The molecule has 3 heterocycles. The van der Waals surface area contributed by atoms with E-state index in [1.807, 2.05) is 31.3 Å². The van der Waals surface area contributed by atoms with Crippen molar-refractivity contribution in [3.05, 3.63) is 63.6 Å². The van der Waals surface area contributed by atoms with Gasteiger partial charge < -0.3 is 14.4 Å². The van der Waals surface area contributed by atoms with Crippen LogP contribution in [0.5, 0.6) is 5.75 Å². The number of phenols is 1. The molecular formula is C21H22N2O3. The third kappa shape index (κ3) is 2.73. The van der Waals surface area contributed by atoms with Gasteiger partial charge in [-0.25, -0.2) is 4.98 Å². The van der Waals surface area contributed by atoms with Crippen LogP contribution in [-0.4, -0.2) is 23.2 Å². The first-order valence-electron chi connectivity index (χ1n) is 8.98. The number of hydrogen-bond donors (Lipinski definition) is 1.